The normalized spacial score (nSPS) is 19.5. The van der Waals surface area contributed by atoms with Gasteiger partial charge in [-0.3, -0.25) is 4.79 Å². The molecule has 1 aromatic carbocycles. The Morgan fingerprint density at radius 3 is 3.00 bits per heavy atom. The zero-order chi connectivity index (χ0) is 12.8. The van der Waals surface area contributed by atoms with E-state index in [0.29, 0.717) is 23.8 Å². The van der Waals surface area contributed by atoms with Crippen molar-refractivity contribution in [3.63, 3.8) is 0 Å². The maximum atomic E-state index is 11.4. The van der Waals surface area contributed by atoms with E-state index in [0.717, 1.165) is 19.5 Å². The highest BCUT2D eigenvalue weighted by Crippen LogP contribution is 2.20. The first kappa shape index (κ1) is 13.1. The second kappa shape index (κ2) is 6.55. The Balaban J connectivity index is 1.84. The fourth-order valence-corrected chi connectivity index (χ4v) is 2.39. The van der Waals surface area contributed by atoms with Crippen LogP contribution in [-0.2, 0) is 0 Å². The molecule has 1 atom stereocenters. The molecule has 0 aliphatic carbocycles. The molecule has 1 heterocycles. The van der Waals surface area contributed by atoms with Crippen LogP contribution >= 0.6 is 0 Å². The van der Waals surface area contributed by atoms with Crippen LogP contribution < -0.4 is 10.1 Å². The lowest BCUT2D eigenvalue weighted by molar-refractivity contribution is 0.101. The van der Waals surface area contributed by atoms with Gasteiger partial charge in [-0.1, -0.05) is 12.1 Å². The molecule has 0 saturated carbocycles. The average molecular weight is 247 g/mol. The molecular formula is C15H21NO2. The first-order valence-electron chi connectivity index (χ1n) is 6.71. The molecule has 98 valence electrons. The number of rotatable bonds is 5. The predicted octanol–water partition coefficient (Wildman–Crippen LogP) is 2.66. The van der Waals surface area contributed by atoms with E-state index in [4.69, 9.17) is 4.74 Å². The standard InChI is InChI=1S/C15H21NO2/c1-12(17)14-6-2-3-7-15(14)18-10-8-13-5-4-9-16-11-13/h2-3,6-7,13,16H,4-5,8-11H2,1H3/t13-/m0/s1. The van der Waals surface area contributed by atoms with E-state index in [9.17, 15) is 4.79 Å². The summed E-state index contributed by atoms with van der Waals surface area (Å²) in [5.41, 5.74) is 0.680. The molecule has 3 heteroatoms. The number of nitrogens with one attached hydrogen (secondary N) is 1. The lowest BCUT2D eigenvalue weighted by Gasteiger charge is -2.22. The molecule has 1 fully saturated rings. The Bertz CT molecular complexity index is 397. The van der Waals surface area contributed by atoms with Crippen LogP contribution in [0, 0.1) is 5.92 Å². The molecule has 1 saturated heterocycles. The van der Waals surface area contributed by atoms with Crippen molar-refractivity contribution in [1.82, 2.24) is 5.32 Å². The van der Waals surface area contributed by atoms with Crippen molar-refractivity contribution in [2.24, 2.45) is 5.92 Å². The summed E-state index contributed by atoms with van der Waals surface area (Å²) in [6, 6.07) is 7.47. The predicted molar refractivity (Wildman–Crippen MR) is 72.2 cm³/mol. The Kier molecular flexibility index (Phi) is 4.76. The average Bonchev–Trinajstić information content (AvgIpc) is 2.40. The van der Waals surface area contributed by atoms with Crippen molar-refractivity contribution in [1.29, 1.82) is 0 Å². The summed E-state index contributed by atoms with van der Waals surface area (Å²) in [7, 11) is 0. The van der Waals surface area contributed by atoms with E-state index in [2.05, 4.69) is 5.32 Å². The quantitative estimate of drug-likeness (QED) is 0.813. The van der Waals surface area contributed by atoms with Crippen LogP contribution in [0.1, 0.15) is 36.5 Å². The number of piperidine rings is 1. The van der Waals surface area contributed by atoms with Crippen molar-refractivity contribution in [3.8, 4) is 5.75 Å². The van der Waals surface area contributed by atoms with E-state index in [1.807, 2.05) is 24.3 Å². The van der Waals surface area contributed by atoms with Gasteiger partial charge in [-0.2, -0.15) is 0 Å². The molecule has 1 aliphatic rings. The van der Waals surface area contributed by atoms with Crippen LogP contribution in [-0.4, -0.2) is 25.5 Å². The Morgan fingerprint density at radius 1 is 1.44 bits per heavy atom. The molecular weight excluding hydrogens is 226 g/mol. The molecule has 0 amide bonds. The second-order valence-electron chi connectivity index (χ2n) is 4.90. The summed E-state index contributed by atoms with van der Waals surface area (Å²) in [6.07, 6.45) is 3.60. The van der Waals surface area contributed by atoms with Crippen LogP contribution in [0.3, 0.4) is 0 Å². The summed E-state index contributed by atoms with van der Waals surface area (Å²) in [4.78, 5) is 11.4. The van der Waals surface area contributed by atoms with Gasteiger partial charge < -0.3 is 10.1 Å². The number of hydrogen-bond donors (Lipinski definition) is 1. The van der Waals surface area contributed by atoms with Gasteiger partial charge in [0.25, 0.3) is 0 Å². The summed E-state index contributed by atoms with van der Waals surface area (Å²) < 4.78 is 5.75. The highest BCUT2D eigenvalue weighted by atomic mass is 16.5. The minimum atomic E-state index is 0.0601. The fraction of sp³-hybridized carbons (Fsp3) is 0.533. The summed E-state index contributed by atoms with van der Waals surface area (Å²) >= 11 is 0. The van der Waals surface area contributed by atoms with Crippen molar-refractivity contribution in [3.05, 3.63) is 29.8 Å². The van der Waals surface area contributed by atoms with Gasteiger partial charge in [0, 0.05) is 0 Å². The zero-order valence-corrected chi connectivity index (χ0v) is 10.9. The Morgan fingerprint density at radius 2 is 2.28 bits per heavy atom. The van der Waals surface area contributed by atoms with E-state index >= 15 is 0 Å². The maximum Gasteiger partial charge on any atom is 0.163 e. The van der Waals surface area contributed by atoms with Gasteiger partial charge in [-0.15, -0.1) is 0 Å². The number of carbonyl (C=O) groups is 1. The molecule has 0 radical (unpaired) electrons. The van der Waals surface area contributed by atoms with E-state index in [-0.39, 0.29) is 5.78 Å². The second-order valence-corrected chi connectivity index (χ2v) is 4.90. The van der Waals surface area contributed by atoms with Crippen LogP contribution in [0.15, 0.2) is 24.3 Å². The molecule has 1 N–H and O–H groups in total. The lowest BCUT2D eigenvalue weighted by Crippen LogP contribution is -2.30. The smallest absolute Gasteiger partial charge is 0.163 e. The van der Waals surface area contributed by atoms with Gasteiger partial charge >= 0.3 is 0 Å². The van der Waals surface area contributed by atoms with Gasteiger partial charge in [0.1, 0.15) is 5.75 Å². The van der Waals surface area contributed by atoms with Crippen molar-refractivity contribution >= 4 is 5.78 Å². The topological polar surface area (TPSA) is 38.3 Å². The molecule has 2 rings (SSSR count). The zero-order valence-electron chi connectivity index (χ0n) is 10.9. The first-order chi connectivity index (χ1) is 8.77. The van der Waals surface area contributed by atoms with Crippen LogP contribution in [0.4, 0.5) is 0 Å². The molecule has 0 aromatic heterocycles. The highest BCUT2D eigenvalue weighted by molar-refractivity contribution is 5.96. The third-order valence-electron chi connectivity index (χ3n) is 3.45. The van der Waals surface area contributed by atoms with Gasteiger partial charge in [-0.05, 0) is 57.3 Å². The summed E-state index contributed by atoms with van der Waals surface area (Å²) in [5.74, 6) is 1.49. The van der Waals surface area contributed by atoms with E-state index < -0.39 is 0 Å². The first-order valence-corrected chi connectivity index (χ1v) is 6.71. The maximum absolute atomic E-state index is 11.4. The number of carbonyl (C=O) groups excluding carboxylic acids is 1. The number of benzene rings is 1. The van der Waals surface area contributed by atoms with E-state index in [1.54, 1.807) is 6.92 Å². The van der Waals surface area contributed by atoms with Gasteiger partial charge in [0.05, 0.1) is 12.2 Å². The molecule has 1 aromatic rings. The molecule has 3 nitrogen and oxygen atoms in total. The molecule has 1 aliphatic heterocycles. The van der Waals surface area contributed by atoms with Crippen LogP contribution in [0.2, 0.25) is 0 Å². The van der Waals surface area contributed by atoms with Gasteiger partial charge in [0.2, 0.25) is 0 Å². The van der Waals surface area contributed by atoms with Gasteiger partial charge in [0.15, 0.2) is 5.78 Å². The monoisotopic (exact) mass is 247 g/mol. The molecule has 0 bridgehead atoms. The Labute approximate surface area is 109 Å². The number of ether oxygens (including phenoxy) is 1. The number of para-hydroxylation sites is 1. The minimum absolute atomic E-state index is 0.0601. The fourth-order valence-electron chi connectivity index (χ4n) is 2.39. The van der Waals surface area contributed by atoms with E-state index in [1.165, 1.54) is 12.8 Å². The number of ketones is 1. The van der Waals surface area contributed by atoms with Crippen LogP contribution in [0.25, 0.3) is 0 Å². The third-order valence-corrected chi connectivity index (χ3v) is 3.45. The SMILES string of the molecule is CC(=O)c1ccccc1OCC[C@@H]1CCCNC1. The van der Waals surface area contributed by atoms with Crippen molar-refractivity contribution in [2.75, 3.05) is 19.7 Å². The summed E-state index contributed by atoms with van der Waals surface area (Å²) in [5, 5.41) is 3.40. The van der Waals surface area contributed by atoms with Crippen molar-refractivity contribution < 1.29 is 9.53 Å². The molecule has 0 spiro atoms. The number of hydrogen-bond acceptors (Lipinski definition) is 3. The lowest BCUT2D eigenvalue weighted by atomic mass is 9.97. The largest absolute Gasteiger partial charge is 0.493 e. The van der Waals surface area contributed by atoms with Gasteiger partial charge in [-0.25, -0.2) is 0 Å². The highest BCUT2D eigenvalue weighted by Gasteiger charge is 2.13. The van der Waals surface area contributed by atoms with Crippen molar-refractivity contribution in [2.45, 2.75) is 26.2 Å². The molecule has 0 unspecified atom stereocenters. The molecule has 18 heavy (non-hydrogen) atoms. The number of Topliss-reactive ketones (excluding diaryl/α,β-unsaturated/α-hetero) is 1. The summed E-state index contributed by atoms with van der Waals surface area (Å²) in [6.45, 7) is 4.51. The Hall–Kier alpha value is -1.35. The van der Waals surface area contributed by atoms with Crippen LogP contribution in [0.5, 0.6) is 5.75 Å². The third kappa shape index (κ3) is 3.57. The minimum Gasteiger partial charge on any atom is -0.493 e.